The van der Waals surface area contributed by atoms with Gasteiger partial charge in [0.15, 0.2) is 10.8 Å². The van der Waals surface area contributed by atoms with Crippen LogP contribution in [0.1, 0.15) is 5.69 Å². The molecule has 0 unspecified atom stereocenters. The lowest BCUT2D eigenvalue weighted by Crippen LogP contribution is -2.24. The Kier molecular flexibility index (Phi) is 4.15. The number of nitrogen functional groups attached to an aromatic ring is 1. The van der Waals surface area contributed by atoms with Crippen LogP contribution in [-0.4, -0.2) is 28.7 Å². The van der Waals surface area contributed by atoms with Gasteiger partial charge in [0.2, 0.25) is 0 Å². The van der Waals surface area contributed by atoms with E-state index >= 15 is 0 Å². The van der Waals surface area contributed by atoms with Gasteiger partial charge >= 0.3 is 0 Å². The Bertz CT molecular complexity index is 885. The van der Waals surface area contributed by atoms with E-state index in [-0.39, 0.29) is 5.71 Å². The number of fused-ring (bicyclic) bond motifs is 1. The summed E-state index contributed by atoms with van der Waals surface area (Å²) in [6, 6.07) is 7.62. The predicted octanol–water partition coefficient (Wildman–Crippen LogP) is 2.26. The van der Waals surface area contributed by atoms with Crippen molar-refractivity contribution in [3.05, 3.63) is 47.7 Å². The van der Waals surface area contributed by atoms with Gasteiger partial charge in [-0.3, -0.25) is 9.78 Å². The minimum absolute atomic E-state index is 0.0494. The number of nitrogens with zero attached hydrogens (tertiary/aromatic N) is 3. The summed E-state index contributed by atoms with van der Waals surface area (Å²) >= 11 is 1.22. The summed E-state index contributed by atoms with van der Waals surface area (Å²) in [5.74, 6) is -0.449. The van der Waals surface area contributed by atoms with E-state index in [0.717, 1.165) is 10.8 Å². The molecule has 0 aliphatic heterocycles. The minimum Gasteiger partial charge on any atom is -0.398 e. The number of amides is 1. The molecule has 0 aliphatic rings. The number of aromatic nitrogens is 2. The fraction of sp³-hybridized carbons (Fsp3) is 0.0667. The molecule has 0 saturated carbocycles. The Morgan fingerprint density at radius 1 is 1.35 bits per heavy atom. The van der Waals surface area contributed by atoms with Crippen LogP contribution < -0.4 is 11.1 Å². The van der Waals surface area contributed by atoms with Crippen LogP contribution in [0.2, 0.25) is 0 Å². The maximum Gasteiger partial charge on any atom is 0.280 e. The standard InChI is InChI=1S/C15H13N5O2S/c1-22-20-13(12-8-23-15(16)19-12)14(21)18-11-7-17-6-9-4-2-3-5-10(9)11/h2-8H,1H3,(H2,16,19)(H,18,21). The zero-order valence-corrected chi connectivity index (χ0v) is 13.0. The summed E-state index contributed by atoms with van der Waals surface area (Å²) in [5, 5.41) is 10.3. The molecule has 8 heteroatoms. The molecule has 0 atom stereocenters. The van der Waals surface area contributed by atoms with E-state index < -0.39 is 5.91 Å². The van der Waals surface area contributed by atoms with Gasteiger partial charge in [-0.15, -0.1) is 11.3 Å². The quantitative estimate of drug-likeness (QED) is 0.565. The van der Waals surface area contributed by atoms with E-state index in [1.54, 1.807) is 17.8 Å². The molecule has 0 radical (unpaired) electrons. The molecule has 0 spiro atoms. The van der Waals surface area contributed by atoms with Gasteiger partial charge in [-0.1, -0.05) is 29.4 Å². The number of oxime groups is 1. The number of rotatable bonds is 4. The average Bonchev–Trinajstić information content (AvgIpc) is 2.99. The normalized spacial score (nSPS) is 11.4. The monoisotopic (exact) mass is 327 g/mol. The lowest BCUT2D eigenvalue weighted by molar-refractivity contribution is -0.110. The highest BCUT2D eigenvalue weighted by Gasteiger charge is 2.19. The minimum atomic E-state index is -0.449. The molecule has 0 saturated heterocycles. The largest absolute Gasteiger partial charge is 0.398 e. The van der Waals surface area contributed by atoms with Crippen LogP contribution in [0.15, 0.2) is 47.2 Å². The lowest BCUT2D eigenvalue weighted by Gasteiger charge is -2.08. The van der Waals surface area contributed by atoms with Crippen LogP contribution in [0, 0.1) is 0 Å². The first-order chi connectivity index (χ1) is 11.2. The second-order valence-corrected chi connectivity index (χ2v) is 5.45. The molecule has 1 aromatic carbocycles. The number of hydrogen-bond donors (Lipinski definition) is 2. The van der Waals surface area contributed by atoms with Gasteiger partial charge in [-0.2, -0.15) is 0 Å². The van der Waals surface area contributed by atoms with Gasteiger partial charge in [0, 0.05) is 22.3 Å². The highest BCUT2D eigenvalue weighted by atomic mass is 32.1. The molecule has 116 valence electrons. The topological polar surface area (TPSA) is 102 Å². The van der Waals surface area contributed by atoms with Crippen LogP contribution in [0.5, 0.6) is 0 Å². The number of thiazole rings is 1. The molecule has 2 heterocycles. The van der Waals surface area contributed by atoms with E-state index in [1.807, 2.05) is 24.3 Å². The molecular weight excluding hydrogens is 314 g/mol. The van der Waals surface area contributed by atoms with Crippen molar-refractivity contribution in [1.82, 2.24) is 9.97 Å². The first-order valence-corrected chi connectivity index (χ1v) is 7.53. The molecule has 2 aromatic heterocycles. The third kappa shape index (κ3) is 3.11. The number of nitrogens with two attached hydrogens (primary N) is 1. The fourth-order valence-electron chi connectivity index (χ4n) is 2.09. The summed E-state index contributed by atoms with van der Waals surface area (Å²) in [6.45, 7) is 0. The van der Waals surface area contributed by atoms with E-state index in [1.165, 1.54) is 18.4 Å². The van der Waals surface area contributed by atoms with Crippen molar-refractivity contribution in [3.63, 3.8) is 0 Å². The van der Waals surface area contributed by atoms with Gasteiger partial charge < -0.3 is 15.9 Å². The third-order valence-electron chi connectivity index (χ3n) is 3.08. The number of carbonyl (C=O) groups is 1. The van der Waals surface area contributed by atoms with Gasteiger partial charge in [0.25, 0.3) is 5.91 Å². The molecule has 0 bridgehead atoms. The molecule has 3 rings (SSSR count). The summed E-state index contributed by atoms with van der Waals surface area (Å²) < 4.78 is 0. The third-order valence-corrected chi connectivity index (χ3v) is 3.75. The molecular formula is C15H13N5O2S. The molecule has 0 fully saturated rings. The summed E-state index contributed by atoms with van der Waals surface area (Å²) in [7, 11) is 1.36. The second-order valence-electron chi connectivity index (χ2n) is 4.56. The molecule has 0 aliphatic carbocycles. The number of hydrogen-bond acceptors (Lipinski definition) is 7. The molecule has 3 N–H and O–H groups in total. The Balaban J connectivity index is 1.94. The van der Waals surface area contributed by atoms with Crippen molar-refractivity contribution in [2.45, 2.75) is 0 Å². The number of carbonyl (C=O) groups excluding carboxylic acids is 1. The fourth-order valence-corrected chi connectivity index (χ4v) is 2.64. The van der Waals surface area contributed by atoms with Crippen LogP contribution in [0.25, 0.3) is 10.8 Å². The Hall–Kier alpha value is -3.00. The van der Waals surface area contributed by atoms with Gasteiger partial charge in [-0.05, 0) is 0 Å². The average molecular weight is 327 g/mol. The molecule has 23 heavy (non-hydrogen) atoms. The first kappa shape index (κ1) is 14.9. The molecule has 1 amide bonds. The first-order valence-electron chi connectivity index (χ1n) is 6.65. The van der Waals surface area contributed by atoms with E-state index in [0.29, 0.717) is 16.5 Å². The maximum atomic E-state index is 12.5. The Labute approximate surface area is 135 Å². The number of pyridine rings is 1. The Morgan fingerprint density at radius 3 is 2.91 bits per heavy atom. The highest BCUT2D eigenvalue weighted by molar-refractivity contribution is 7.13. The predicted molar refractivity (Wildman–Crippen MR) is 90.4 cm³/mol. The van der Waals surface area contributed by atoms with Gasteiger partial charge in [-0.25, -0.2) is 4.98 Å². The van der Waals surface area contributed by atoms with Crippen LogP contribution in [-0.2, 0) is 9.63 Å². The van der Waals surface area contributed by atoms with Crippen molar-refractivity contribution in [1.29, 1.82) is 0 Å². The molecule has 3 aromatic rings. The number of nitrogens with one attached hydrogen (secondary N) is 1. The zero-order valence-electron chi connectivity index (χ0n) is 12.2. The number of anilines is 2. The van der Waals surface area contributed by atoms with E-state index in [4.69, 9.17) is 10.6 Å². The van der Waals surface area contributed by atoms with Crippen molar-refractivity contribution in [2.75, 3.05) is 18.2 Å². The summed E-state index contributed by atoms with van der Waals surface area (Å²) in [5.41, 5.74) is 6.60. The highest BCUT2D eigenvalue weighted by Crippen LogP contribution is 2.22. The van der Waals surface area contributed by atoms with Crippen LogP contribution in [0.3, 0.4) is 0 Å². The molecule has 7 nitrogen and oxygen atoms in total. The van der Waals surface area contributed by atoms with Crippen molar-refractivity contribution >= 4 is 44.5 Å². The van der Waals surface area contributed by atoms with Crippen molar-refractivity contribution in [2.24, 2.45) is 5.16 Å². The second kappa shape index (κ2) is 6.41. The van der Waals surface area contributed by atoms with Crippen molar-refractivity contribution in [3.8, 4) is 0 Å². The van der Waals surface area contributed by atoms with E-state index in [2.05, 4.69) is 20.4 Å². The SMILES string of the molecule is CON=C(C(=O)Nc1cncc2ccccc12)c1csc(N)n1. The maximum absolute atomic E-state index is 12.5. The van der Waals surface area contributed by atoms with E-state index in [9.17, 15) is 4.79 Å². The lowest BCUT2D eigenvalue weighted by atomic mass is 10.1. The van der Waals surface area contributed by atoms with Crippen LogP contribution in [0.4, 0.5) is 10.8 Å². The van der Waals surface area contributed by atoms with Crippen molar-refractivity contribution < 1.29 is 9.63 Å². The van der Waals surface area contributed by atoms with Gasteiger partial charge in [0.05, 0.1) is 11.9 Å². The van der Waals surface area contributed by atoms with Crippen LogP contribution >= 0.6 is 11.3 Å². The zero-order chi connectivity index (χ0) is 16.2. The number of benzene rings is 1. The smallest absolute Gasteiger partial charge is 0.280 e. The summed E-state index contributed by atoms with van der Waals surface area (Å²) in [4.78, 5) is 25.5. The Morgan fingerprint density at radius 2 is 2.17 bits per heavy atom. The summed E-state index contributed by atoms with van der Waals surface area (Å²) in [6.07, 6.45) is 3.32. The van der Waals surface area contributed by atoms with Gasteiger partial charge in [0.1, 0.15) is 12.8 Å².